The zero-order valence-corrected chi connectivity index (χ0v) is 17.4. The molecule has 0 spiro atoms. The number of carbonyl (C=O) groups is 1. The van der Waals surface area contributed by atoms with E-state index in [0.29, 0.717) is 11.4 Å². The van der Waals surface area contributed by atoms with E-state index < -0.39 is 10.0 Å². The highest BCUT2D eigenvalue weighted by Crippen LogP contribution is 2.25. The number of anilines is 1. The molecule has 0 fully saturated rings. The highest BCUT2D eigenvalue weighted by Gasteiger charge is 2.20. The lowest BCUT2D eigenvalue weighted by atomic mass is 10.1. The first-order valence-electron chi connectivity index (χ1n) is 7.83. The van der Waals surface area contributed by atoms with Gasteiger partial charge in [-0.05, 0) is 61.4 Å². The number of benzene rings is 2. The van der Waals surface area contributed by atoms with E-state index in [2.05, 4.69) is 21.2 Å². The Hall–Kier alpha value is -1.90. The molecule has 0 saturated heterocycles. The van der Waals surface area contributed by atoms with E-state index in [1.54, 1.807) is 25.1 Å². The molecule has 0 aliphatic carbocycles. The standard InChI is InChI=1S/C18H21BrN2O4S/c1-12-9-16(26(23,24)21(3)4)10-17(13(12)2)20-18(22)11-25-15-7-5-14(19)6-8-15/h5-10H,11H2,1-4H3,(H,20,22). The molecule has 1 amide bonds. The molecule has 0 aliphatic rings. The maximum atomic E-state index is 12.4. The quantitative estimate of drug-likeness (QED) is 0.746. The number of nitrogens with zero attached hydrogens (tertiary/aromatic N) is 1. The van der Waals surface area contributed by atoms with Crippen LogP contribution in [-0.2, 0) is 14.8 Å². The third kappa shape index (κ3) is 4.84. The molecule has 8 heteroatoms. The van der Waals surface area contributed by atoms with Crippen LogP contribution >= 0.6 is 15.9 Å². The van der Waals surface area contributed by atoms with Crippen molar-refractivity contribution in [2.45, 2.75) is 18.7 Å². The Balaban J connectivity index is 2.16. The summed E-state index contributed by atoms with van der Waals surface area (Å²) in [7, 11) is -0.653. The maximum Gasteiger partial charge on any atom is 0.262 e. The van der Waals surface area contributed by atoms with E-state index in [1.807, 2.05) is 19.1 Å². The summed E-state index contributed by atoms with van der Waals surface area (Å²) in [5.74, 6) is 0.204. The van der Waals surface area contributed by atoms with Crippen LogP contribution in [-0.4, -0.2) is 39.3 Å². The predicted octanol–water partition coefficient (Wildman–Crippen LogP) is 3.33. The summed E-state index contributed by atoms with van der Waals surface area (Å²) in [5.41, 5.74) is 2.03. The molecule has 140 valence electrons. The lowest BCUT2D eigenvalue weighted by molar-refractivity contribution is -0.118. The normalized spacial score (nSPS) is 11.5. The number of hydrogen-bond donors (Lipinski definition) is 1. The van der Waals surface area contributed by atoms with Gasteiger partial charge in [0.15, 0.2) is 6.61 Å². The van der Waals surface area contributed by atoms with E-state index >= 15 is 0 Å². The summed E-state index contributed by atoms with van der Waals surface area (Å²) >= 11 is 3.33. The Bertz CT molecular complexity index is 910. The molecule has 2 aromatic rings. The molecular weight excluding hydrogens is 420 g/mol. The van der Waals surface area contributed by atoms with E-state index in [-0.39, 0.29) is 17.4 Å². The molecule has 2 aromatic carbocycles. The zero-order chi connectivity index (χ0) is 19.5. The zero-order valence-electron chi connectivity index (χ0n) is 15.0. The van der Waals surface area contributed by atoms with Crippen molar-refractivity contribution in [2.75, 3.05) is 26.0 Å². The maximum absolute atomic E-state index is 12.4. The fourth-order valence-corrected chi connectivity index (χ4v) is 3.46. The summed E-state index contributed by atoms with van der Waals surface area (Å²) in [4.78, 5) is 12.3. The van der Waals surface area contributed by atoms with Crippen LogP contribution in [0.1, 0.15) is 11.1 Å². The molecule has 0 heterocycles. The van der Waals surface area contributed by atoms with Crippen molar-refractivity contribution < 1.29 is 17.9 Å². The van der Waals surface area contributed by atoms with Gasteiger partial charge in [0.2, 0.25) is 10.0 Å². The number of halogens is 1. The Kier molecular flexibility index (Phi) is 6.44. The monoisotopic (exact) mass is 440 g/mol. The number of amides is 1. The molecule has 0 atom stereocenters. The first-order chi connectivity index (χ1) is 12.1. The molecule has 26 heavy (non-hydrogen) atoms. The Morgan fingerprint density at radius 3 is 2.35 bits per heavy atom. The van der Waals surface area contributed by atoms with Gasteiger partial charge in [-0.2, -0.15) is 0 Å². The van der Waals surface area contributed by atoms with Crippen LogP contribution in [0.3, 0.4) is 0 Å². The lowest BCUT2D eigenvalue weighted by Crippen LogP contribution is -2.24. The fourth-order valence-electron chi connectivity index (χ4n) is 2.18. The molecule has 0 saturated carbocycles. The van der Waals surface area contributed by atoms with E-state index in [1.165, 1.54) is 20.2 Å². The van der Waals surface area contributed by atoms with Crippen molar-refractivity contribution in [3.8, 4) is 5.75 Å². The number of ether oxygens (including phenoxy) is 1. The molecule has 0 unspecified atom stereocenters. The van der Waals surface area contributed by atoms with Gasteiger partial charge in [0.25, 0.3) is 5.91 Å². The van der Waals surface area contributed by atoms with Gasteiger partial charge in [0, 0.05) is 24.3 Å². The van der Waals surface area contributed by atoms with Gasteiger partial charge in [-0.25, -0.2) is 12.7 Å². The van der Waals surface area contributed by atoms with Crippen LogP contribution in [0, 0.1) is 13.8 Å². The molecule has 0 bridgehead atoms. The van der Waals surface area contributed by atoms with E-state index in [4.69, 9.17) is 4.74 Å². The van der Waals surface area contributed by atoms with Crippen LogP contribution in [0.4, 0.5) is 5.69 Å². The van der Waals surface area contributed by atoms with Crippen molar-refractivity contribution >= 4 is 37.5 Å². The fraction of sp³-hybridized carbons (Fsp3) is 0.278. The van der Waals surface area contributed by atoms with E-state index in [9.17, 15) is 13.2 Å². The number of hydrogen-bond acceptors (Lipinski definition) is 4. The van der Waals surface area contributed by atoms with Crippen LogP contribution in [0.5, 0.6) is 5.75 Å². The lowest BCUT2D eigenvalue weighted by Gasteiger charge is -2.16. The summed E-state index contributed by atoms with van der Waals surface area (Å²) in [6.07, 6.45) is 0. The molecular formula is C18H21BrN2O4S. The third-order valence-electron chi connectivity index (χ3n) is 3.88. The van der Waals surface area contributed by atoms with Gasteiger partial charge in [0.1, 0.15) is 5.75 Å². The van der Waals surface area contributed by atoms with Crippen LogP contribution < -0.4 is 10.1 Å². The van der Waals surface area contributed by atoms with Crippen molar-refractivity contribution in [1.29, 1.82) is 0 Å². The van der Waals surface area contributed by atoms with Gasteiger partial charge in [-0.15, -0.1) is 0 Å². The molecule has 0 aliphatic heterocycles. The molecule has 0 radical (unpaired) electrons. The number of rotatable bonds is 6. The number of carbonyl (C=O) groups excluding carboxylic acids is 1. The highest BCUT2D eigenvalue weighted by atomic mass is 79.9. The first-order valence-corrected chi connectivity index (χ1v) is 10.1. The van der Waals surface area contributed by atoms with Crippen molar-refractivity contribution in [1.82, 2.24) is 4.31 Å². The molecule has 1 N–H and O–H groups in total. The Morgan fingerprint density at radius 1 is 1.15 bits per heavy atom. The van der Waals surface area contributed by atoms with Gasteiger partial charge in [-0.3, -0.25) is 4.79 Å². The number of sulfonamides is 1. The van der Waals surface area contributed by atoms with Crippen LogP contribution in [0.15, 0.2) is 45.8 Å². The smallest absolute Gasteiger partial charge is 0.262 e. The molecule has 6 nitrogen and oxygen atoms in total. The minimum atomic E-state index is -3.59. The number of nitrogens with one attached hydrogen (secondary N) is 1. The SMILES string of the molecule is Cc1cc(S(=O)(=O)N(C)C)cc(NC(=O)COc2ccc(Br)cc2)c1C. The van der Waals surface area contributed by atoms with Gasteiger partial charge in [-0.1, -0.05) is 15.9 Å². The average Bonchev–Trinajstić information content (AvgIpc) is 2.58. The second-order valence-electron chi connectivity index (χ2n) is 5.99. The first kappa shape index (κ1) is 20.4. The van der Waals surface area contributed by atoms with Crippen molar-refractivity contribution in [2.24, 2.45) is 0 Å². The third-order valence-corrected chi connectivity index (χ3v) is 6.20. The summed E-state index contributed by atoms with van der Waals surface area (Å²) in [5, 5.41) is 2.73. The Morgan fingerprint density at radius 2 is 1.77 bits per heavy atom. The summed E-state index contributed by atoms with van der Waals surface area (Å²) in [6, 6.07) is 10.2. The van der Waals surface area contributed by atoms with Gasteiger partial charge >= 0.3 is 0 Å². The summed E-state index contributed by atoms with van der Waals surface area (Å²) < 4.78 is 32.2. The minimum Gasteiger partial charge on any atom is -0.484 e. The minimum absolute atomic E-state index is 0.134. The topological polar surface area (TPSA) is 75.7 Å². The van der Waals surface area contributed by atoms with Gasteiger partial charge in [0.05, 0.1) is 4.90 Å². The highest BCUT2D eigenvalue weighted by molar-refractivity contribution is 9.10. The average molecular weight is 441 g/mol. The molecule has 2 rings (SSSR count). The van der Waals surface area contributed by atoms with Crippen molar-refractivity contribution in [3.05, 3.63) is 52.0 Å². The number of aryl methyl sites for hydroxylation is 1. The second-order valence-corrected chi connectivity index (χ2v) is 9.06. The van der Waals surface area contributed by atoms with Gasteiger partial charge < -0.3 is 10.1 Å². The second kappa shape index (κ2) is 8.20. The summed E-state index contributed by atoms with van der Waals surface area (Å²) in [6.45, 7) is 3.45. The Labute approximate surface area is 162 Å². The van der Waals surface area contributed by atoms with Crippen molar-refractivity contribution in [3.63, 3.8) is 0 Å². The van der Waals surface area contributed by atoms with Crippen LogP contribution in [0.25, 0.3) is 0 Å². The molecule has 0 aromatic heterocycles. The van der Waals surface area contributed by atoms with E-state index in [0.717, 1.165) is 19.9 Å². The van der Waals surface area contributed by atoms with Crippen LogP contribution in [0.2, 0.25) is 0 Å². The largest absolute Gasteiger partial charge is 0.484 e. The predicted molar refractivity (Wildman–Crippen MR) is 105 cm³/mol.